The van der Waals surface area contributed by atoms with E-state index in [0.717, 1.165) is 128 Å². The molecule has 0 aromatic carbocycles. The molecule has 0 heterocycles. The molecule has 0 aliphatic heterocycles. The quantitative estimate of drug-likeness (QED) is 0.0262. The Bertz CT molecular complexity index is 1530. The van der Waals surface area contributed by atoms with Gasteiger partial charge in [0.2, 0.25) is 0 Å². The number of hydrogen-bond acceptors (Lipinski definition) is 6. The van der Waals surface area contributed by atoms with Crippen LogP contribution in [0, 0.1) is 0 Å². The molecule has 0 N–H and O–H groups in total. The first kappa shape index (κ1) is 62.3. The van der Waals surface area contributed by atoms with E-state index in [2.05, 4.69) is 154 Å². The van der Waals surface area contributed by atoms with Crippen molar-refractivity contribution in [1.82, 2.24) is 0 Å². The van der Waals surface area contributed by atoms with Crippen LogP contribution in [0.2, 0.25) is 0 Å². The summed E-state index contributed by atoms with van der Waals surface area (Å²) < 4.78 is 16.7. The molecule has 0 aromatic rings. The van der Waals surface area contributed by atoms with Gasteiger partial charge in [0, 0.05) is 19.3 Å². The molecule has 0 radical (unpaired) electrons. The summed E-state index contributed by atoms with van der Waals surface area (Å²) in [6.45, 7) is 6.18. The van der Waals surface area contributed by atoms with Crippen molar-refractivity contribution in [2.24, 2.45) is 0 Å². The standard InChI is InChI=1S/C61H94O6/c1-4-7-10-13-16-19-22-25-28-30-31-32-34-36-39-42-45-48-51-54-60(63)66-57-58(56-65-59(62)53-50-47-44-41-38-35-27-24-21-18-15-12-9-6-3)67-61(64)55-52-49-46-43-40-37-33-29-26-23-20-17-14-11-8-5-2/h7-12,16-21,25-26,28-29,31-32,36-37,39-40,46,49,58H,4-6,13-15,22-24,27,30,33-35,38,41-45,47-48,50-57H2,1-3H3/b10-7-,11-8-,12-9-,19-16-,20-17-,21-18-,28-25-,29-26-,32-31-,39-36-,40-37-,49-46-. The lowest BCUT2D eigenvalue weighted by Crippen LogP contribution is -2.30. The summed E-state index contributed by atoms with van der Waals surface area (Å²) in [6.07, 6.45) is 77.0. The Morgan fingerprint density at radius 2 is 0.567 bits per heavy atom. The molecule has 0 rings (SSSR count). The van der Waals surface area contributed by atoms with E-state index in [4.69, 9.17) is 14.2 Å². The Kier molecular flexibility index (Phi) is 50.1. The van der Waals surface area contributed by atoms with Crippen LogP contribution in [-0.4, -0.2) is 37.2 Å². The van der Waals surface area contributed by atoms with Crippen LogP contribution in [0.15, 0.2) is 146 Å². The van der Waals surface area contributed by atoms with Gasteiger partial charge >= 0.3 is 17.9 Å². The Morgan fingerprint density at radius 3 is 0.910 bits per heavy atom. The van der Waals surface area contributed by atoms with Gasteiger partial charge in [-0.05, 0) is 122 Å². The molecule has 0 fully saturated rings. The maximum Gasteiger partial charge on any atom is 0.306 e. The van der Waals surface area contributed by atoms with E-state index in [0.29, 0.717) is 19.3 Å². The zero-order chi connectivity index (χ0) is 48.6. The summed E-state index contributed by atoms with van der Waals surface area (Å²) in [4.78, 5) is 38.0. The number of hydrogen-bond donors (Lipinski definition) is 0. The van der Waals surface area contributed by atoms with Crippen LogP contribution in [0.25, 0.3) is 0 Å². The van der Waals surface area contributed by atoms with E-state index in [-0.39, 0.29) is 31.6 Å². The summed E-state index contributed by atoms with van der Waals surface area (Å²) in [5, 5.41) is 0. The summed E-state index contributed by atoms with van der Waals surface area (Å²) in [5.41, 5.74) is 0. The van der Waals surface area contributed by atoms with Crippen LogP contribution in [0.1, 0.15) is 201 Å². The molecule has 67 heavy (non-hydrogen) atoms. The highest BCUT2D eigenvalue weighted by Gasteiger charge is 2.19. The van der Waals surface area contributed by atoms with Gasteiger partial charge in [-0.25, -0.2) is 0 Å². The lowest BCUT2D eigenvalue weighted by Gasteiger charge is -2.18. The van der Waals surface area contributed by atoms with E-state index in [1.54, 1.807) is 0 Å². The smallest absolute Gasteiger partial charge is 0.306 e. The normalized spacial score (nSPS) is 13.3. The van der Waals surface area contributed by atoms with Gasteiger partial charge in [-0.3, -0.25) is 14.4 Å². The van der Waals surface area contributed by atoms with E-state index in [1.165, 1.54) is 25.7 Å². The van der Waals surface area contributed by atoms with Crippen molar-refractivity contribution in [3.05, 3.63) is 146 Å². The molecule has 0 saturated carbocycles. The molecule has 0 amide bonds. The van der Waals surface area contributed by atoms with E-state index in [1.807, 2.05) is 12.2 Å². The minimum absolute atomic E-state index is 0.129. The molecule has 0 aliphatic rings. The van der Waals surface area contributed by atoms with Crippen molar-refractivity contribution >= 4 is 17.9 Å². The first-order chi connectivity index (χ1) is 33.0. The molecule has 0 aliphatic carbocycles. The van der Waals surface area contributed by atoms with Crippen molar-refractivity contribution in [2.75, 3.05) is 13.2 Å². The van der Waals surface area contributed by atoms with Gasteiger partial charge in [0.25, 0.3) is 0 Å². The van der Waals surface area contributed by atoms with Crippen LogP contribution in [0.4, 0.5) is 0 Å². The van der Waals surface area contributed by atoms with Gasteiger partial charge in [0.05, 0.1) is 0 Å². The topological polar surface area (TPSA) is 78.9 Å². The predicted octanol–water partition coefficient (Wildman–Crippen LogP) is 17.6. The van der Waals surface area contributed by atoms with Crippen molar-refractivity contribution in [1.29, 1.82) is 0 Å². The maximum absolute atomic E-state index is 12.8. The Hall–Kier alpha value is -4.71. The largest absolute Gasteiger partial charge is 0.462 e. The van der Waals surface area contributed by atoms with Gasteiger partial charge in [-0.1, -0.05) is 205 Å². The van der Waals surface area contributed by atoms with Crippen LogP contribution in [-0.2, 0) is 28.6 Å². The molecule has 1 atom stereocenters. The third-order valence-electron chi connectivity index (χ3n) is 10.3. The fourth-order valence-corrected chi connectivity index (χ4v) is 6.49. The van der Waals surface area contributed by atoms with Gasteiger partial charge in [0.1, 0.15) is 13.2 Å². The Labute approximate surface area is 410 Å². The van der Waals surface area contributed by atoms with Gasteiger partial charge in [-0.2, -0.15) is 0 Å². The highest BCUT2D eigenvalue weighted by atomic mass is 16.6. The van der Waals surface area contributed by atoms with Crippen molar-refractivity contribution < 1.29 is 28.6 Å². The maximum atomic E-state index is 12.8. The minimum Gasteiger partial charge on any atom is -0.462 e. The number of allylic oxidation sites excluding steroid dienone is 24. The molecule has 6 heteroatoms. The third kappa shape index (κ3) is 52.1. The number of carbonyl (C=O) groups is 3. The average molecular weight is 923 g/mol. The second-order valence-electron chi connectivity index (χ2n) is 16.6. The molecular formula is C61H94O6. The van der Waals surface area contributed by atoms with Gasteiger partial charge in [0.15, 0.2) is 6.10 Å². The second kappa shape index (κ2) is 53.9. The van der Waals surface area contributed by atoms with Crippen molar-refractivity contribution in [3.8, 4) is 0 Å². The molecule has 0 aromatic heterocycles. The first-order valence-corrected chi connectivity index (χ1v) is 26.3. The summed E-state index contributed by atoms with van der Waals surface area (Å²) in [5.74, 6) is -1.07. The van der Waals surface area contributed by atoms with Gasteiger partial charge in [-0.15, -0.1) is 0 Å². The molecule has 374 valence electrons. The highest BCUT2D eigenvalue weighted by Crippen LogP contribution is 2.12. The SMILES string of the molecule is CC/C=C\C/C=C\C/C=C\C/C=C\C/C=C\CCCCCC(=O)OCC(COC(=O)CCCCCCCCC/C=C\C/C=C\CC)OC(=O)CC/C=C\C/C=C\C/C=C\C/C=C\C/C=C\CC. The third-order valence-corrected chi connectivity index (χ3v) is 10.3. The zero-order valence-electron chi connectivity index (χ0n) is 42.6. The van der Waals surface area contributed by atoms with Crippen LogP contribution in [0.5, 0.6) is 0 Å². The second-order valence-corrected chi connectivity index (χ2v) is 16.6. The minimum atomic E-state index is -0.841. The summed E-state index contributed by atoms with van der Waals surface area (Å²) in [6, 6.07) is 0. The number of rotatable bonds is 45. The van der Waals surface area contributed by atoms with E-state index < -0.39 is 12.1 Å². The monoisotopic (exact) mass is 923 g/mol. The first-order valence-electron chi connectivity index (χ1n) is 26.3. The zero-order valence-corrected chi connectivity index (χ0v) is 42.6. The number of ether oxygens (including phenoxy) is 3. The molecule has 0 spiro atoms. The van der Waals surface area contributed by atoms with Crippen LogP contribution >= 0.6 is 0 Å². The fourth-order valence-electron chi connectivity index (χ4n) is 6.49. The predicted molar refractivity (Wildman–Crippen MR) is 288 cm³/mol. The van der Waals surface area contributed by atoms with Gasteiger partial charge < -0.3 is 14.2 Å². The van der Waals surface area contributed by atoms with Crippen LogP contribution in [0.3, 0.4) is 0 Å². The number of carbonyl (C=O) groups excluding carboxylic acids is 3. The average Bonchev–Trinajstić information content (AvgIpc) is 3.33. The van der Waals surface area contributed by atoms with E-state index in [9.17, 15) is 14.4 Å². The highest BCUT2D eigenvalue weighted by molar-refractivity contribution is 5.71. The molecule has 6 nitrogen and oxygen atoms in total. The molecule has 0 saturated heterocycles. The molecule has 1 unspecified atom stereocenters. The molecule has 0 bridgehead atoms. The van der Waals surface area contributed by atoms with E-state index >= 15 is 0 Å². The molecular weight excluding hydrogens is 829 g/mol. The number of esters is 3. The van der Waals surface area contributed by atoms with Crippen LogP contribution < -0.4 is 0 Å². The lowest BCUT2D eigenvalue weighted by atomic mass is 10.1. The fraction of sp³-hybridized carbons (Fsp3) is 0.557. The Morgan fingerprint density at radius 1 is 0.299 bits per heavy atom. The van der Waals surface area contributed by atoms with Crippen molar-refractivity contribution in [2.45, 2.75) is 207 Å². The van der Waals surface area contributed by atoms with Crippen molar-refractivity contribution in [3.63, 3.8) is 0 Å². The summed E-state index contributed by atoms with van der Waals surface area (Å²) in [7, 11) is 0. The Balaban J connectivity index is 4.59. The summed E-state index contributed by atoms with van der Waals surface area (Å²) >= 11 is 0. The lowest BCUT2D eigenvalue weighted by molar-refractivity contribution is -0.166. The number of unbranched alkanes of at least 4 members (excludes halogenated alkanes) is 10.